The molecule has 0 aromatic heterocycles. The smallest absolute Gasteiger partial charge is 0.241 e. The number of ether oxygens (including phenoxy) is 3. The van der Waals surface area contributed by atoms with Crippen molar-refractivity contribution in [1.29, 1.82) is 0 Å². The fraction of sp³-hybridized carbons (Fsp3) is 0.368. The molecule has 142 valence electrons. The zero-order valence-corrected chi connectivity index (χ0v) is 16.5. The van der Waals surface area contributed by atoms with Crippen LogP contribution in [0.3, 0.4) is 0 Å². The third-order valence-corrected chi connectivity index (χ3v) is 5.75. The quantitative estimate of drug-likeness (QED) is 0.763. The van der Waals surface area contributed by atoms with Crippen LogP contribution in [0.1, 0.15) is 18.1 Å². The first kappa shape index (κ1) is 20.1. The molecule has 0 saturated carbocycles. The van der Waals surface area contributed by atoms with Gasteiger partial charge in [-0.25, -0.2) is 13.1 Å². The van der Waals surface area contributed by atoms with Crippen molar-refractivity contribution in [1.82, 2.24) is 4.72 Å². The zero-order valence-electron chi connectivity index (χ0n) is 15.7. The molecule has 0 radical (unpaired) electrons. The van der Waals surface area contributed by atoms with Gasteiger partial charge in [0.25, 0.3) is 0 Å². The lowest BCUT2D eigenvalue weighted by Gasteiger charge is -2.18. The molecule has 0 saturated heterocycles. The van der Waals surface area contributed by atoms with Crippen LogP contribution in [0, 0.1) is 13.8 Å². The van der Waals surface area contributed by atoms with Crippen LogP contribution in [-0.2, 0) is 10.0 Å². The first-order chi connectivity index (χ1) is 12.3. The van der Waals surface area contributed by atoms with Gasteiger partial charge in [0.1, 0.15) is 12.4 Å². The molecule has 1 atom stereocenters. The van der Waals surface area contributed by atoms with E-state index in [0.717, 1.165) is 0 Å². The monoisotopic (exact) mass is 379 g/mol. The average molecular weight is 379 g/mol. The molecule has 0 aliphatic heterocycles. The van der Waals surface area contributed by atoms with Crippen LogP contribution in [0.2, 0.25) is 0 Å². The summed E-state index contributed by atoms with van der Waals surface area (Å²) in [4.78, 5) is 0.266. The first-order valence-electron chi connectivity index (χ1n) is 8.22. The average Bonchev–Trinajstić information content (AvgIpc) is 2.58. The van der Waals surface area contributed by atoms with Gasteiger partial charge in [-0.2, -0.15) is 0 Å². The number of benzene rings is 2. The van der Waals surface area contributed by atoms with Gasteiger partial charge in [-0.15, -0.1) is 0 Å². The summed E-state index contributed by atoms with van der Waals surface area (Å²) >= 11 is 0. The summed E-state index contributed by atoms with van der Waals surface area (Å²) in [6.07, 6.45) is 0. The minimum Gasteiger partial charge on any atom is -0.497 e. The second-order valence-electron chi connectivity index (χ2n) is 6.07. The molecule has 0 amide bonds. The summed E-state index contributed by atoms with van der Waals surface area (Å²) < 4.78 is 44.3. The topological polar surface area (TPSA) is 73.9 Å². The maximum absolute atomic E-state index is 12.8. The molecule has 0 bridgehead atoms. The van der Waals surface area contributed by atoms with Gasteiger partial charge >= 0.3 is 0 Å². The van der Waals surface area contributed by atoms with E-state index in [1.807, 2.05) is 12.1 Å². The van der Waals surface area contributed by atoms with Gasteiger partial charge in [0.05, 0.1) is 25.2 Å². The largest absolute Gasteiger partial charge is 0.497 e. The number of nitrogens with one attached hydrogen (secondary N) is 1. The summed E-state index contributed by atoms with van der Waals surface area (Å²) in [6, 6.07) is 10.2. The van der Waals surface area contributed by atoms with Crippen LogP contribution >= 0.6 is 0 Å². The van der Waals surface area contributed by atoms with Crippen LogP contribution in [0.25, 0.3) is 0 Å². The highest BCUT2D eigenvalue weighted by molar-refractivity contribution is 7.89. The van der Waals surface area contributed by atoms with Crippen LogP contribution < -0.4 is 18.9 Å². The van der Waals surface area contributed by atoms with E-state index in [0.29, 0.717) is 28.4 Å². The summed E-state index contributed by atoms with van der Waals surface area (Å²) in [6.45, 7) is 5.43. The summed E-state index contributed by atoms with van der Waals surface area (Å²) in [5.41, 5.74) is 1.26. The van der Waals surface area contributed by atoms with Crippen LogP contribution in [0.5, 0.6) is 17.2 Å². The Labute approximate surface area is 155 Å². The van der Waals surface area contributed by atoms with Crippen molar-refractivity contribution in [2.24, 2.45) is 0 Å². The molecule has 2 aromatic carbocycles. The van der Waals surface area contributed by atoms with Gasteiger partial charge in [0.15, 0.2) is 11.5 Å². The Bertz CT molecular complexity index is 841. The van der Waals surface area contributed by atoms with Gasteiger partial charge in [0.2, 0.25) is 10.0 Å². The number of aryl methyl sites for hydroxylation is 2. The third-order valence-electron chi connectivity index (χ3n) is 3.85. The first-order valence-corrected chi connectivity index (χ1v) is 9.70. The Morgan fingerprint density at radius 2 is 1.58 bits per heavy atom. The number of para-hydroxylation sites is 2. The summed E-state index contributed by atoms with van der Waals surface area (Å²) in [5, 5.41) is 0. The van der Waals surface area contributed by atoms with E-state index in [2.05, 4.69) is 4.72 Å². The molecule has 0 unspecified atom stereocenters. The molecule has 6 nitrogen and oxygen atoms in total. The zero-order chi connectivity index (χ0) is 19.3. The fourth-order valence-corrected chi connectivity index (χ4v) is 4.44. The number of methoxy groups -OCH3 is 2. The maximum atomic E-state index is 12.8. The van der Waals surface area contributed by atoms with Crippen LogP contribution in [0.4, 0.5) is 0 Å². The van der Waals surface area contributed by atoms with Gasteiger partial charge in [-0.3, -0.25) is 0 Å². The Morgan fingerprint density at radius 3 is 2.12 bits per heavy atom. The maximum Gasteiger partial charge on any atom is 0.241 e. The highest BCUT2D eigenvalue weighted by Gasteiger charge is 2.23. The van der Waals surface area contributed by atoms with E-state index in [9.17, 15) is 8.42 Å². The molecule has 1 N–H and O–H groups in total. The molecule has 0 fully saturated rings. The summed E-state index contributed by atoms with van der Waals surface area (Å²) in [7, 11) is -0.570. The predicted molar refractivity (Wildman–Crippen MR) is 101 cm³/mol. The van der Waals surface area contributed by atoms with Gasteiger partial charge in [-0.1, -0.05) is 12.1 Å². The lowest BCUT2D eigenvalue weighted by molar-refractivity contribution is 0.271. The van der Waals surface area contributed by atoms with E-state index in [4.69, 9.17) is 14.2 Å². The SMILES string of the molecule is COc1cc(C)c(S(=O)(=O)N[C@H](C)COc2ccccc2OC)c(C)c1. The van der Waals surface area contributed by atoms with Crippen molar-refractivity contribution in [2.75, 3.05) is 20.8 Å². The molecule has 2 aromatic rings. The molecule has 2 rings (SSSR count). The van der Waals surface area contributed by atoms with E-state index >= 15 is 0 Å². The van der Waals surface area contributed by atoms with Gasteiger partial charge in [0, 0.05) is 0 Å². The highest BCUT2D eigenvalue weighted by atomic mass is 32.2. The van der Waals surface area contributed by atoms with E-state index in [-0.39, 0.29) is 11.5 Å². The Morgan fingerprint density at radius 1 is 1.00 bits per heavy atom. The van der Waals surface area contributed by atoms with Crippen molar-refractivity contribution >= 4 is 10.0 Å². The Hall–Kier alpha value is -2.25. The van der Waals surface area contributed by atoms with E-state index < -0.39 is 16.1 Å². The standard InChI is InChI=1S/C19H25NO5S/c1-13-10-16(23-4)11-14(2)19(13)26(21,22)20-15(3)12-25-18-9-7-6-8-17(18)24-5/h6-11,15,20H,12H2,1-5H3/t15-/m1/s1. The van der Waals surface area contributed by atoms with E-state index in [1.54, 1.807) is 59.3 Å². The van der Waals surface area contributed by atoms with Crippen LogP contribution in [-0.4, -0.2) is 35.3 Å². The normalized spacial score (nSPS) is 12.5. The molecule has 0 heterocycles. The van der Waals surface area contributed by atoms with Gasteiger partial charge < -0.3 is 14.2 Å². The third kappa shape index (κ3) is 4.68. The lowest BCUT2D eigenvalue weighted by atomic mass is 10.1. The molecule has 0 aliphatic carbocycles. The second kappa shape index (κ2) is 8.42. The van der Waals surface area contributed by atoms with E-state index in [1.165, 1.54) is 0 Å². The number of sulfonamides is 1. The summed E-state index contributed by atoms with van der Waals surface area (Å²) in [5.74, 6) is 1.80. The number of hydrogen-bond donors (Lipinski definition) is 1. The van der Waals surface area contributed by atoms with Crippen molar-refractivity contribution in [3.8, 4) is 17.2 Å². The number of rotatable bonds is 8. The van der Waals surface area contributed by atoms with Crippen molar-refractivity contribution < 1.29 is 22.6 Å². The number of hydrogen-bond acceptors (Lipinski definition) is 5. The van der Waals surface area contributed by atoms with Crippen molar-refractivity contribution in [3.05, 3.63) is 47.5 Å². The van der Waals surface area contributed by atoms with Gasteiger partial charge in [-0.05, 0) is 56.2 Å². The molecule has 0 aliphatic rings. The molecule has 7 heteroatoms. The predicted octanol–water partition coefficient (Wildman–Crippen LogP) is 3.07. The highest BCUT2D eigenvalue weighted by Crippen LogP contribution is 2.27. The molecular formula is C19H25NO5S. The molecule has 0 spiro atoms. The Kier molecular flexibility index (Phi) is 6.50. The second-order valence-corrected chi connectivity index (χ2v) is 7.73. The molecule has 26 heavy (non-hydrogen) atoms. The van der Waals surface area contributed by atoms with Crippen molar-refractivity contribution in [3.63, 3.8) is 0 Å². The van der Waals surface area contributed by atoms with Crippen molar-refractivity contribution in [2.45, 2.75) is 31.7 Å². The minimum absolute atomic E-state index is 0.174. The minimum atomic E-state index is -3.68. The molecular weight excluding hydrogens is 354 g/mol. The Balaban J connectivity index is 2.12. The lowest BCUT2D eigenvalue weighted by Crippen LogP contribution is -2.37. The fourth-order valence-electron chi connectivity index (χ4n) is 2.76. The van der Waals surface area contributed by atoms with Crippen LogP contribution in [0.15, 0.2) is 41.3 Å².